The van der Waals surface area contributed by atoms with Gasteiger partial charge in [0.15, 0.2) is 11.6 Å². The van der Waals surface area contributed by atoms with E-state index in [-0.39, 0.29) is 28.4 Å². The van der Waals surface area contributed by atoms with Gasteiger partial charge in [-0.25, -0.2) is 0 Å². The van der Waals surface area contributed by atoms with Crippen LogP contribution in [-0.4, -0.2) is 16.7 Å². The van der Waals surface area contributed by atoms with Gasteiger partial charge < -0.3 is 5.11 Å². The molecule has 1 rings (SSSR count). The Balaban J connectivity index is 3.63. The number of aromatic hydroxyl groups is 1. The maximum atomic E-state index is 11.3. The van der Waals surface area contributed by atoms with Gasteiger partial charge in [0, 0.05) is 0 Å². The third-order valence-corrected chi connectivity index (χ3v) is 2.55. The van der Waals surface area contributed by atoms with Gasteiger partial charge in [-0.05, 0) is 44.9 Å². The lowest BCUT2D eigenvalue weighted by Gasteiger charge is -2.11. The number of benzene rings is 1. The molecular formula is C12H14O3. The molecule has 0 aliphatic heterocycles. The fraction of sp³-hybridized carbons (Fsp3) is 0.333. The molecule has 0 aliphatic rings. The third kappa shape index (κ3) is 1.91. The first-order valence-electron chi connectivity index (χ1n) is 4.71. The zero-order valence-corrected chi connectivity index (χ0v) is 9.34. The second kappa shape index (κ2) is 3.85. The van der Waals surface area contributed by atoms with Crippen molar-refractivity contribution >= 4 is 11.6 Å². The SMILES string of the molecule is CC(=O)c1cc(C)c(C)c(C(C)=O)c1O. The number of ketones is 2. The van der Waals surface area contributed by atoms with Crippen LogP contribution in [0.1, 0.15) is 45.7 Å². The average Bonchev–Trinajstić information content (AvgIpc) is 2.10. The van der Waals surface area contributed by atoms with Gasteiger partial charge in [-0.3, -0.25) is 9.59 Å². The van der Waals surface area contributed by atoms with Crippen molar-refractivity contribution in [3.05, 3.63) is 28.3 Å². The standard InChI is InChI=1S/C12H14O3/c1-6-5-10(8(3)13)12(15)11(7(6)2)9(4)14/h5,15H,1-4H3. The summed E-state index contributed by atoms with van der Waals surface area (Å²) in [5.41, 5.74) is 2.02. The van der Waals surface area contributed by atoms with Crippen LogP contribution in [-0.2, 0) is 0 Å². The first kappa shape index (κ1) is 11.4. The zero-order valence-electron chi connectivity index (χ0n) is 9.34. The van der Waals surface area contributed by atoms with Crippen molar-refractivity contribution in [3.63, 3.8) is 0 Å². The maximum absolute atomic E-state index is 11.3. The van der Waals surface area contributed by atoms with Crippen LogP contribution in [0.3, 0.4) is 0 Å². The molecule has 3 nitrogen and oxygen atoms in total. The maximum Gasteiger partial charge on any atom is 0.163 e. The van der Waals surface area contributed by atoms with E-state index in [2.05, 4.69) is 0 Å². The minimum atomic E-state index is -0.238. The second-order valence-corrected chi connectivity index (χ2v) is 3.70. The summed E-state index contributed by atoms with van der Waals surface area (Å²) in [4.78, 5) is 22.6. The van der Waals surface area contributed by atoms with E-state index in [9.17, 15) is 14.7 Å². The van der Waals surface area contributed by atoms with E-state index in [1.807, 2.05) is 6.92 Å². The molecule has 0 aromatic heterocycles. The van der Waals surface area contributed by atoms with Gasteiger partial charge in [0.2, 0.25) is 0 Å². The molecule has 0 atom stereocenters. The number of phenols is 1. The van der Waals surface area contributed by atoms with E-state index in [0.29, 0.717) is 0 Å². The average molecular weight is 206 g/mol. The molecule has 0 heterocycles. The Morgan fingerprint density at radius 1 is 1.13 bits per heavy atom. The fourth-order valence-electron chi connectivity index (χ4n) is 1.60. The zero-order chi connectivity index (χ0) is 11.7. The van der Waals surface area contributed by atoms with Crippen LogP contribution >= 0.6 is 0 Å². The highest BCUT2D eigenvalue weighted by Gasteiger charge is 2.18. The molecular weight excluding hydrogens is 192 g/mol. The minimum Gasteiger partial charge on any atom is -0.506 e. The number of carbonyl (C=O) groups excluding carboxylic acids is 2. The lowest BCUT2D eigenvalue weighted by atomic mass is 9.94. The second-order valence-electron chi connectivity index (χ2n) is 3.70. The van der Waals surface area contributed by atoms with Crippen LogP contribution in [0.2, 0.25) is 0 Å². The lowest BCUT2D eigenvalue weighted by molar-refractivity contribution is 0.101. The number of Topliss-reactive ketones (excluding diaryl/α,β-unsaturated/α-hetero) is 2. The van der Waals surface area contributed by atoms with Gasteiger partial charge in [-0.2, -0.15) is 0 Å². The summed E-state index contributed by atoms with van der Waals surface area (Å²) in [7, 11) is 0. The van der Waals surface area contributed by atoms with Gasteiger partial charge in [0.1, 0.15) is 5.75 Å². The molecule has 3 heteroatoms. The number of aryl methyl sites for hydroxylation is 1. The van der Waals surface area contributed by atoms with E-state index in [1.165, 1.54) is 13.8 Å². The summed E-state index contributed by atoms with van der Waals surface area (Å²) in [5, 5.41) is 9.79. The molecule has 1 aromatic rings. The van der Waals surface area contributed by atoms with Crippen LogP contribution in [0.15, 0.2) is 6.07 Å². The molecule has 0 unspecified atom stereocenters. The summed E-state index contributed by atoms with van der Waals surface area (Å²) in [6.07, 6.45) is 0. The van der Waals surface area contributed by atoms with E-state index < -0.39 is 0 Å². The number of phenolic OH excluding ortho intramolecular Hbond substituents is 1. The molecule has 0 saturated heterocycles. The van der Waals surface area contributed by atoms with Gasteiger partial charge in [-0.15, -0.1) is 0 Å². The van der Waals surface area contributed by atoms with Crippen LogP contribution < -0.4 is 0 Å². The lowest BCUT2D eigenvalue weighted by Crippen LogP contribution is -2.04. The topological polar surface area (TPSA) is 54.4 Å². The highest BCUT2D eigenvalue weighted by Crippen LogP contribution is 2.29. The van der Waals surface area contributed by atoms with Crippen LogP contribution in [0.4, 0.5) is 0 Å². The van der Waals surface area contributed by atoms with Gasteiger partial charge >= 0.3 is 0 Å². The van der Waals surface area contributed by atoms with E-state index in [0.717, 1.165) is 11.1 Å². The Labute approximate surface area is 88.7 Å². The predicted octanol–water partition coefficient (Wildman–Crippen LogP) is 2.41. The highest BCUT2D eigenvalue weighted by molar-refractivity contribution is 6.05. The van der Waals surface area contributed by atoms with Crippen LogP contribution in [0, 0.1) is 13.8 Å². The van der Waals surface area contributed by atoms with E-state index in [1.54, 1.807) is 13.0 Å². The summed E-state index contributed by atoms with van der Waals surface area (Å²) >= 11 is 0. The van der Waals surface area contributed by atoms with Crippen molar-refractivity contribution in [1.29, 1.82) is 0 Å². The van der Waals surface area contributed by atoms with Crippen molar-refractivity contribution in [2.75, 3.05) is 0 Å². The molecule has 80 valence electrons. The van der Waals surface area contributed by atoms with Crippen molar-refractivity contribution in [2.45, 2.75) is 27.7 Å². The molecule has 1 N–H and O–H groups in total. The van der Waals surface area contributed by atoms with Crippen molar-refractivity contribution in [1.82, 2.24) is 0 Å². The Hall–Kier alpha value is -1.64. The molecule has 0 amide bonds. The van der Waals surface area contributed by atoms with Crippen molar-refractivity contribution < 1.29 is 14.7 Å². The molecule has 0 saturated carbocycles. The summed E-state index contributed by atoms with van der Waals surface area (Å²) in [6.45, 7) is 6.32. The number of rotatable bonds is 2. The quantitative estimate of drug-likeness (QED) is 0.756. The van der Waals surface area contributed by atoms with Gasteiger partial charge in [0.25, 0.3) is 0 Å². The van der Waals surface area contributed by atoms with Gasteiger partial charge in [0.05, 0.1) is 11.1 Å². The Bertz CT molecular complexity index is 445. The van der Waals surface area contributed by atoms with E-state index in [4.69, 9.17) is 0 Å². The monoisotopic (exact) mass is 206 g/mol. The van der Waals surface area contributed by atoms with Crippen LogP contribution in [0.25, 0.3) is 0 Å². The fourth-order valence-corrected chi connectivity index (χ4v) is 1.60. The largest absolute Gasteiger partial charge is 0.506 e. The Morgan fingerprint density at radius 3 is 2.07 bits per heavy atom. The van der Waals surface area contributed by atoms with Crippen molar-refractivity contribution in [3.8, 4) is 5.75 Å². The van der Waals surface area contributed by atoms with Crippen LogP contribution in [0.5, 0.6) is 5.75 Å². The number of carbonyl (C=O) groups is 2. The summed E-state index contributed by atoms with van der Waals surface area (Å²) in [5.74, 6) is -0.660. The third-order valence-electron chi connectivity index (χ3n) is 2.55. The van der Waals surface area contributed by atoms with Gasteiger partial charge in [-0.1, -0.05) is 0 Å². The highest BCUT2D eigenvalue weighted by atomic mass is 16.3. The molecule has 1 aromatic carbocycles. The van der Waals surface area contributed by atoms with E-state index >= 15 is 0 Å². The van der Waals surface area contributed by atoms with Crippen molar-refractivity contribution in [2.24, 2.45) is 0 Å². The molecule has 0 bridgehead atoms. The molecule has 0 aliphatic carbocycles. The predicted molar refractivity (Wildman–Crippen MR) is 57.6 cm³/mol. The molecule has 0 fully saturated rings. The number of hydrogen-bond acceptors (Lipinski definition) is 3. The normalized spacial score (nSPS) is 10.1. The number of hydrogen-bond donors (Lipinski definition) is 1. The first-order chi connectivity index (χ1) is 6.86. The minimum absolute atomic E-state index is 0.196. The Morgan fingerprint density at radius 2 is 1.67 bits per heavy atom. The molecule has 0 radical (unpaired) electrons. The molecule has 15 heavy (non-hydrogen) atoms. The molecule has 0 spiro atoms. The summed E-state index contributed by atoms with van der Waals surface area (Å²) < 4.78 is 0. The summed E-state index contributed by atoms with van der Waals surface area (Å²) in [6, 6.07) is 1.61. The Kier molecular flexibility index (Phi) is 2.93. The smallest absolute Gasteiger partial charge is 0.163 e. The first-order valence-corrected chi connectivity index (χ1v) is 4.71.